The summed E-state index contributed by atoms with van der Waals surface area (Å²) in [6.45, 7) is 0.912. The first-order chi connectivity index (χ1) is 9.19. The molecule has 1 aromatic carbocycles. The van der Waals surface area contributed by atoms with E-state index in [-0.39, 0.29) is 17.9 Å². The highest BCUT2D eigenvalue weighted by molar-refractivity contribution is 5.18. The lowest BCUT2D eigenvalue weighted by atomic mass is 10.2. The molecule has 0 saturated heterocycles. The summed E-state index contributed by atoms with van der Waals surface area (Å²) in [6, 6.07) is 7.38. The van der Waals surface area contributed by atoms with Gasteiger partial charge in [-0.3, -0.25) is 4.79 Å². The molecule has 0 atom stereocenters. The zero-order chi connectivity index (χ0) is 13.7. The predicted octanol–water partition coefficient (Wildman–Crippen LogP) is 0.768. The minimum atomic E-state index is -0.339. The molecule has 1 heterocycles. The SMILES string of the molecule is NCCOc1cnn(Cc2cccc(F)c2)c(=O)c1. The molecule has 0 aliphatic rings. The van der Waals surface area contributed by atoms with Crippen LogP contribution in [0.2, 0.25) is 0 Å². The Kier molecular flexibility index (Phi) is 4.25. The van der Waals surface area contributed by atoms with Crippen LogP contribution in [0.15, 0.2) is 41.3 Å². The van der Waals surface area contributed by atoms with Crippen molar-refractivity contribution in [1.82, 2.24) is 9.78 Å². The fourth-order valence-electron chi connectivity index (χ4n) is 1.60. The summed E-state index contributed by atoms with van der Waals surface area (Å²) in [6.07, 6.45) is 1.44. The number of nitrogens with zero attached hydrogens (tertiary/aromatic N) is 2. The Bertz CT molecular complexity index is 613. The number of nitrogens with two attached hydrogens (primary N) is 1. The third-order valence-corrected chi connectivity index (χ3v) is 2.45. The molecule has 0 saturated carbocycles. The number of hydrogen-bond acceptors (Lipinski definition) is 4. The van der Waals surface area contributed by atoms with E-state index in [4.69, 9.17) is 10.5 Å². The first-order valence-electron chi connectivity index (χ1n) is 5.83. The van der Waals surface area contributed by atoms with E-state index >= 15 is 0 Å². The van der Waals surface area contributed by atoms with Gasteiger partial charge in [0.15, 0.2) is 0 Å². The van der Waals surface area contributed by atoms with E-state index < -0.39 is 0 Å². The number of rotatable bonds is 5. The molecule has 0 aliphatic heterocycles. The minimum absolute atomic E-state index is 0.216. The number of ether oxygens (including phenoxy) is 1. The Labute approximate surface area is 109 Å². The van der Waals surface area contributed by atoms with E-state index in [9.17, 15) is 9.18 Å². The molecule has 100 valence electrons. The molecule has 0 unspecified atom stereocenters. The molecule has 5 nitrogen and oxygen atoms in total. The second kappa shape index (κ2) is 6.10. The van der Waals surface area contributed by atoms with E-state index in [1.54, 1.807) is 12.1 Å². The molecule has 2 N–H and O–H groups in total. The van der Waals surface area contributed by atoms with Gasteiger partial charge >= 0.3 is 0 Å². The zero-order valence-corrected chi connectivity index (χ0v) is 10.3. The lowest BCUT2D eigenvalue weighted by Gasteiger charge is -2.07. The van der Waals surface area contributed by atoms with Crippen LogP contribution in [0.3, 0.4) is 0 Å². The monoisotopic (exact) mass is 263 g/mol. The third kappa shape index (κ3) is 3.62. The average Bonchev–Trinajstić information content (AvgIpc) is 2.39. The molecule has 0 spiro atoms. The second-order valence-electron chi connectivity index (χ2n) is 3.95. The summed E-state index contributed by atoms with van der Waals surface area (Å²) < 4.78 is 19.5. The number of aromatic nitrogens is 2. The Hall–Kier alpha value is -2.21. The standard InChI is InChI=1S/C13H14FN3O2/c14-11-3-1-2-10(6-11)9-17-13(18)7-12(8-16-17)19-5-4-15/h1-3,6-8H,4-5,9,15H2. The van der Waals surface area contributed by atoms with Crippen molar-refractivity contribution < 1.29 is 9.13 Å². The van der Waals surface area contributed by atoms with E-state index in [1.807, 2.05) is 0 Å². The quantitative estimate of drug-likeness (QED) is 0.865. The third-order valence-electron chi connectivity index (χ3n) is 2.45. The summed E-state index contributed by atoms with van der Waals surface area (Å²) in [5.74, 6) is 0.0411. The maximum atomic E-state index is 13.0. The minimum Gasteiger partial charge on any atom is -0.490 e. The summed E-state index contributed by atoms with van der Waals surface area (Å²) in [5.41, 5.74) is 5.66. The van der Waals surface area contributed by atoms with Crippen molar-refractivity contribution in [3.05, 3.63) is 58.3 Å². The zero-order valence-electron chi connectivity index (χ0n) is 10.3. The summed E-state index contributed by atoms with van der Waals surface area (Å²) in [5, 5.41) is 3.97. The smallest absolute Gasteiger partial charge is 0.270 e. The fraction of sp³-hybridized carbons (Fsp3) is 0.231. The molecule has 1 aromatic heterocycles. The molecule has 2 rings (SSSR count). The molecule has 2 aromatic rings. The lowest BCUT2D eigenvalue weighted by molar-refractivity contribution is 0.324. The topological polar surface area (TPSA) is 70.1 Å². The van der Waals surface area contributed by atoms with Crippen molar-refractivity contribution in [3.63, 3.8) is 0 Å². The highest BCUT2D eigenvalue weighted by Gasteiger charge is 2.03. The fourth-order valence-corrected chi connectivity index (χ4v) is 1.60. The van der Waals surface area contributed by atoms with Gasteiger partial charge in [0.05, 0.1) is 12.7 Å². The van der Waals surface area contributed by atoms with Gasteiger partial charge in [-0.2, -0.15) is 5.10 Å². The Morgan fingerprint density at radius 3 is 2.89 bits per heavy atom. The lowest BCUT2D eigenvalue weighted by Crippen LogP contribution is -2.23. The molecule has 0 bridgehead atoms. The van der Waals surface area contributed by atoms with E-state index in [1.165, 1.54) is 29.1 Å². The van der Waals surface area contributed by atoms with Crippen LogP contribution in [0.4, 0.5) is 4.39 Å². The van der Waals surface area contributed by atoms with Crippen LogP contribution in [0.1, 0.15) is 5.56 Å². The van der Waals surface area contributed by atoms with Crippen molar-refractivity contribution in [3.8, 4) is 5.75 Å². The largest absolute Gasteiger partial charge is 0.490 e. The first kappa shape index (κ1) is 13.2. The van der Waals surface area contributed by atoms with E-state index in [2.05, 4.69) is 5.10 Å². The predicted molar refractivity (Wildman–Crippen MR) is 68.5 cm³/mol. The Balaban J connectivity index is 2.15. The van der Waals surface area contributed by atoms with Crippen LogP contribution in [-0.4, -0.2) is 22.9 Å². The van der Waals surface area contributed by atoms with E-state index in [0.29, 0.717) is 24.5 Å². The van der Waals surface area contributed by atoms with Crippen molar-refractivity contribution in [2.75, 3.05) is 13.2 Å². The average molecular weight is 263 g/mol. The van der Waals surface area contributed by atoms with Gasteiger partial charge < -0.3 is 10.5 Å². The second-order valence-corrected chi connectivity index (χ2v) is 3.95. The van der Waals surface area contributed by atoms with Crippen LogP contribution in [0.25, 0.3) is 0 Å². The van der Waals surface area contributed by atoms with Gasteiger partial charge in [0.25, 0.3) is 5.56 Å². The molecule has 0 radical (unpaired) electrons. The van der Waals surface area contributed by atoms with Crippen molar-refractivity contribution in [2.24, 2.45) is 5.73 Å². The molecule has 6 heteroatoms. The normalized spacial score (nSPS) is 10.4. The number of benzene rings is 1. The van der Waals surface area contributed by atoms with Crippen molar-refractivity contribution in [2.45, 2.75) is 6.54 Å². The first-order valence-corrected chi connectivity index (χ1v) is 5.83. The van der Waals surface area contributed by atoms with E-state index in [0.717, 1.165) is 0 Å². The number of hydrogen-bond donors (Lipinski definition) is 1. The van der Waals surface area contributed by atoms with Gasteiger partial charge in [-0.1, -0.05) is 12.1 Å². The molecule has 19 heavy (non-hydrogen) atoms. The highest BCUT2D eigenvalue weighted by Crippen LogP contribution is 2.06. The van der Waals surface area contributed by atoms with Gasteiger partial charge in [0.2, 0.25) is 0 Å². The van der Waals surface area contributed by atoms with Crippen molar-refractivity contribution in [1.29, 1.82) is 0 Å². The van der Waals surface area contributed by atoms with Gasteiger partial charge in [-0.15, -0.1) is 0 Å². The molecule has 0 aliphatic carbocycles. The summed E-state index contributed by atoms with van der Waals surface area (Å²) >= 11 is 0. The molecule has 0 amide bonds. The van der Waals surface area contributed by atoms with Crippen LogP contribution in [-0.2, 0) is 6.54 Å². The maximum Gasteiger partial charge on any atom is 0.270 e. The van der Waals surface area contributed by atoms with Crippen LogP contribution >= 0.6 is 0 Å². The van der Waals surface area contributed by atoms with Gasteiger partial charge in [0.1, 0.15) is 18.2 Å². The van der Waals surface area contributed by atoms with Crippen LogP contribution in [0.5, 0.6) is 5.75 Å². The van der Waals surface area contributed by atoms with Crippen molar-refractivity contribution >= 4 is 0 Å². The summed E-state index contributed by atoms with van der Waals surface area (Å²) in [4.78, 5) is 11.8. The van der Waals surface area contributed by atoms with Crippen LogP contribution in [0, 0.1) is 5.82 Å². The Morgan fingerprint density at radius 2 is 2.21 bits per heavy atom. The van der Waals surface area contributed by atoms with Crippen LogP contribution < -0.4 is 16.0 Å². The van der Waals surface area contributed by atoms with Gasteiger partial charge in [-0.05, 0) is 17.7 Å². The molecular weight excluding hydrogens is 249 g/mol. The number of halogens is 1. The maximum absolute atomic E-state index is 13.0. The molecule has 0 fully saturated rings. The highest BCUT2D eigenvalue weighted by atomic mass is 19.1. The van der Waals surface area contributed by atoms with Gasteiger partial charge in [-0.25, -0.2) is 9.07 Å². The summed E-state index contributed by atoms with van der Waals surface area (Å²) in [7, 11) is 0. The van der Waals surface area contributed by atoms with Gasteiger partial charge in [0, 0.05) is 12.6 Å². The molecular formula is C13H14FN3O2. The Morgan fingerprint density at radius 1 is 1.37 bits per heavy atom.